The number of fused-ring (bicyclic) bond motifs is 1. The standard InChI is InChI=1S/C22H23N5O/c1-26(2)19-11-9-18(10-12-19)25-21(28)17-14-23-22(24-15-17)27-13-5-7-16-6-3-4-8-20(16)27/h3-4,6,8-12,14-15H,5,7,13H2,1-2H3,(H,25,28). The van der Waals surface area contributed by atoms with Gasteiger partial charge < -0.3 is 15.1 Å². The molecular formula is C22H23N5O. The summed E-state index contributed by atoms with van der Waals surface area (Å²) >= 11 is 0. The van der Waals surface area contributed by atoms with Crippen LogP contribution in [0, 0.1) is 0 Å². The van der Waals surface area contributed by atoms with E-state index in [2.05, 4.69) is 38.4 Å². The van der Waals surface area contributed by atoms with E-state index >= 15 is 0 Å². The zero-order valence-corrected chi connectivity index (χ0v) is 16.1. The van der Waals surface area contributed by atoms with Crippen LogP contribution in [-0.2, 0) is 6.42 Å². The molecule has 1 aromatic heterocycles. The number of amides is 1. The van der Waals surface area contributed by atoms with Crippen molar-refractivity contribution in [1.82, 2.24) is 9.97 Å². The van der Waals surface area contributed by atoms with E-state index in [0.717, 1.165) is 36.4 Å². The van der Waals surface area contributed by atoms with Crippen LogP contribution in [0.1, 0.15) is 22.3 Å². The third-order valence-electron chi connectivity index (χ3n) is 4.89. The van der Waals surface area contributed by atoms with E-state index in [1.54, 1.807) is 12.4 Å². The topological polar surface area (TPSA) is 61.4 Å². The van der Waals surface area contributed by atoms with Gasteiger partial charge in [0.1, 0.15) is 0 Å². The van der Waals surface area contributed by atoms with Crippen LogP contribution in [-0.4, -0.2) is 36.5 Å². The Morgan fingerprint density at radius 2 is 1.75 bits per heavy atom. The summed E-state index contributed by atoms with van der Waals surface area (Å²) in [6.07, 6.45) is 5.30. The Hall–Kier alpha value is -3.41. The van der Waals surface area contributed by atoms with Gasteiger partial charge in [0, 0.05) is 50.1 Å². The quantitative estimate of drug-likeness (QED) is 0.752. The van der Waals surface area contributed by atoms with E-state index in [0.29, 0.717) is 11.5 Å². The van der Waals surface area contributed by atoms with Gasteiger partial charge in [-0.3, -0.25) is 4.79 Å². The van der Waals surface area contributed by atoms with E-state index < -0.39 is 0 Å². The molecule has 6 heteroatoms. The number of hydrogen-bond acceptors (Lipinski definition) is 5. The summed E-state index contributed by atoms with van der Waals surface area (Å²) in [5.41, 5.74) is 4.70. The van der Waals surface area contributed by atoms with Gasteiger partial charge in [-0.25, -0.2) is 9.97 Å². The van der Waals surface area contributed by atoms with Gasteiger partial charge in [0.25, 0.3) is 5.91 Å². The summed E-state index contributed by atoms with van der Waals surface area (Å²) in [6, 6.07) is 16.0. The van der Waals surface area contributed by atoms with Crippen molar-refractivity contribution in [3.8, 4) is 0 Å². The number of aryl methyl sites for hydroxylation is 1. The van der Waals surface area contributed by atoms with Crippen molar-refractivity contribution in [3.05, 3.63) is 72.1 Å². The molecule has 0 saturated heterocycles. The summed E-state index contributed by atoms with van der Waals surface area (Å²) in [6.45, 7) is 0.876. The normalized spacial score (nSPS) is 13.0. The van der Waals surface area contributed by atoms with Crippen LogP contribution in [0.3, 0.4) is 0 Å². The summed E-state index contributed by atoms with van der Waals surface area (Å²) in [5.74, 6) is 0.405. The molecule has 1 aliphatic heterocycles. The van der Waals surface area contributed by atoms with Crippen LogP contribution >= 0.6 is 0 Å². The second-order valence-electron chi connectivity index (χ2n) is 7.05. The summed E-state index contributed by atoms with van der Waals surface area (Å²) < 4.78 is 0. The number of nitrogens with zero attached hydrogens (tertiary/aromatic N) is 4. The van der Waals surface area contributed by atoms with Gasteiger partial charge in [-0.2, -0.15) is 0 Å². The molecule has 2 heterocycles. The molecule has 0 aliphatic carbocycles. The lowest BCUT2D eigenvalue weighted by molar-refractivity contribution is 0.102. The molecule has 1 aliphatic rings. The summed E-state index contributed by atoms with van der Waals surface area (Å²) in [7, 11) is 3.96. The lowest BCUT2D eigenvalue weighted by Crippen LogP contribution is -2.26. The number of aromatic nitrogens is 2. The molecule has 142 valence electrons. The Bertz CT molecular complexity index is 967. The highest BCUT2D eigenvalue weighted by Crippen LogP contribution is 2.31. The van der Waals surface area contributed by atoms with Gasteiger partial charge in [-0.15, -0.1) is 0 Å². The second-order valence-corrected chi connectivity index (χ2v) is 7.05. The van der Waals surface area contributed by atoms with Gasteiger partial charge in [0.2, 0.25) is 5.95 Å². The number of anilines is 4. The Kier molecular flexibility index (Phi) is 4.93. The maximum absolute atomic E-state index is 12.5. The molecule has 0 spiro atoms. The fourth-order valence-corrected chi connectivity index (χ4v) is 3.37. The largest absolute Gasteiger partial charge is 0.378 e. The molecule has 1 N–H and O–H groups in total. The molecule has 6 nitrogen and oxygen atoms in total. The molecule has 0 radical (unpaired) electrons. The Morgan fingerprint density at radius 1 is 1.04 bits per heavy atom. The van der Waals surface area contributed by atoms with Crippen LogP contribution < -0.4 is 15.1 Å². The fraction of sp³-hybridized carbons (Fsp3) is 0.227. The predicted octanol–water partition coefficient (Wildman–Crippen LogP) is 3.88. The van der Waals surface area contributed by atoms with Gasteiger partial charge in [0.15, 0.2) is 0 Å². The van der Waals surface area contributed by atoms with Crippen molar-refractivity contribution in [3.63, 3.8) is 0 Å². The van der Waals surface area contributed by atoms with Crippen LogP contribution in [0.25, 0.3) is 0 Å². The molecule has 0 bridgehead atoms. The molecule has 0 fully saturated rings. The van der Waals surface area contributed by atoms with Crippen molar-refractivity contribution >= 4 is 28.9 Å². The first kappa shape index (κ1) is 18.0. The number of carbonyl (C=O) groups is 1. The van der Waals surface area contributed by atoms with Crippen molar-refractivity contribution in [2.45, 2.75) is 12.8 Å². The van der Waals surface area contributed by atoms with Gasteiger partial charge in [0.05, 0.1) is 5.56 Å². The van der Waals surface area contributed by atoms with Crippen LogP contribution in [0.5, 0.6) is 0 Å². The highest BCUT2D eigenvalue weighted by molar-refractivity contribution is 6.04. The first-order valence-electron chi connectivity index (χ1n) is 9.38. The Labute approximate surface area is 164 Å². The SMILES string of the molecule is CN(C)c1ccc(NC(=O)c2cnc(N3CCCc4ccccc43)nc2)cc1. The lowest BCUT2D eigenvalue weighted by atomic mass is 10.0. The molecule has 28 heavy (non-hydrogen) atoms. The maximum atomic E-state index is 12.5. The molecule has 3 aromatic rings. The van der Waals surface area contributed by atoms with Crippen molar-refractivity contribution < 1.29 is 4.79 Å². The Morgan fingerprint density at radius 3 is 2.46 bits per heavy atom. The average molecular weight is 373 g/mol. The van der Waals surface area contributed by atoms with E-state index in [4.69, 9.17) is 0 Å². The fourth-order valence-electron chi connectivity index (χ4n) is 3.37. The highest BCUT2D eigenvalue weighted by Gasteiger charge is 2.20. The van der Waals surface area contributed by atoms with E-state index in [9.17, 15) is 4.79 Å². The van der Waals surface area contributed by atoms with Crippen LogP contribution in [0.4, 0.5) is 23.0 Å². The average Bonchev–Trinajstić information content (AvgIpc) is 2.74. The monoisotopic (exact) mass is 373 g/mol. The molecular weight excluding hydrogens is 350 g/mol. The smallest absolute Gasteiger partial charge is 0.258 e. The van der Waals surface area contributed by atoms with Gasteiger partial charge in [-0.1, -0.05) is 18.2 Å². The predicted molar refractivity (Wildman–Crippen MR) is 113 cm³/mol. The third kappa shape index (κ3) is 3.67. The number of rotatable bonds is 4. The summed E-state index contributed by atoms with van der Waals surface area (Å²) in [5, 5.41) is 2.89. The number of nitrogens with one attached hydrogen (secondary N) is 1. The van der Waals surface area contributed by atoms with Crippen molar-refractivity contribution in [2.24, 2.45) is 0 Å². The minimum Gasteiger partial charge on any atom is -0.378 e. The lowest BCUT2D eigenvalue weighted by Gasteiger charge is -2.29. The summed E-state index contributed by atoms with van der Waals surface area (Å²) in [4.78, 5) is 25.5. The molecule has 4 rings (SSSR count). The first-order valence-corrected chi connectivity index (χ1v) is 9.38. The number of hydrogen-bond donors (Lipinski definition) is 1. The number of para-hydroxylation sites is 1. The number of benzene rings is 2. The molecule has 0 atom stereocenters. The zero-order valence-electron chi connectivity index (χ0n) is 16.1. The van der Waals surface area contributed by atoms with Gasteiger partial charge in [-0.05, 0) is 48.7 Å². The molecule has 2 aromatic carbocycles. The third-order valence-corrected chi connectivity index (χ3v) is 4.89. The minimum absolute atomic E-state index is 0.219. The molecule has 0 saturated carbocycles. The maximum Gasteiger partial charge on any atom is 0.258 e. The van der Waals surface area contributed by atoms with E-state index in [1.807, 2.05) is 49.3 Å². The van der Waals surface area contributed by atoms with Crippen molar-refractivity contribution in [1.29, 1.82) is 0 Å². The minimum atomic E-state index is -0.219. The van der Waals surface area contributed by atoms with Gasteiger partial charge >= 0.3 is 0 Å². The highest BCUT2D eigenvalue weighted by atomic mass is 16.1. The van der Waals surface area contributed by atoms with E-state index in [-0.39, 0.29) is 5.91 Å². The van der Waals surface area contributed by atoms with Crippen molar-refractivity contribution in [2.75, 3.05) is 35.8 Å². The second kappa shape index (κ2) is 7.68. The first-order chi connectivity index (χ1) is 13.6. The van der Waals surface area contributed by atoms with E-state index in [1.165, 1.54) is 5.56 Å². The number of carbonyl (C=O) groups excluding carboxylic acids is 1. The Balaban J connectivity index is 1.48. The van der Waals surface area contributed by atoms with Crippen LogP contribution in [0.15, 0.2) is 60.9 Å². The zero-order chi connectivity index (χ0) is 19.5. The molecule has 1 amide bonds. The molecule has 0 unspecified atom stereocenters. The van der Waals surface area contributed by atoms with Crippen LogP contribution in [0.2, 0.25) is 0 Å².